The topological polar surface area (TPSA) is 98.7 Å². The summed E-state index contributed by atoms with van der Waals surface area (Å²) in [4.78, 5) is 14.1. The summed E-state index contributed by atoms with van der Waals surface area (Å²) >= 11 is 3.35. The van der Waals surface area contributed by atoms with E-state index >= 15 is 0 Å². The third-order valence-electron chi connectivity index (χ3n) is 8.36. The Morgan fingerprint density at radius 3 is 2.02 bits per heavy atom. The van der Waals surface area contributed by atoms with Crippen LogP contribution in [0.1, 0.15) is 79.9 Å². The Hall–Kier alpha value is -3.48. The van der Waals surface area contributed by atoms with Gasteiger partial charge in [-0.25, -0.2) is 14.2 Å². The zero-order valence-corrected chi connectivity index (χ0v) is 30.7. The normalized spacial score (nSPS) is 15.5. The van der Waals surface area contributed by atoms with Crippen LogP contribution in [0.25, 0.3) is 0 Å². The molecule has 2 amide bonds. The van der Waals surface area contributed by atoms with Gasteiger partial charge in [-0.3, -0.25) is 5.21 Å². The summed E-state index contributed by atoms with van der Waals surface area (Å²) in [5, 5.41) is 14.5. The van der Waals surface area contributed by atoms with E-state index in [0.29, 0.717) is 53.2 Å². The van der Waals surface area contributed by atoms with E-state index in [1.54, 1.807) is 40.6 Å². The first-order valence-electron chi connectivity index (χ1n) is 16.8. The number of carbonyl (C=O) groups excluding carboxylic acids is 1. The predicted octanol–water partition coefficient (Wildman–Crippen LogP) is 9.92. The highest BCUT2D eigenvalue weighted by atomic mass is 32.2. The van der Waals surface area contributed by atoms with Gasteiger partial charge in [-0.2, -0.15) is 0 Å². The number of halogens is 1. The molecule has 49 heavy (non-hydrogen) atoms. The summed E-state index contributed by atoms with van der Waals surface area (Å²) in [6, 6.07) is 13.5. The number of anilines is 1. The number of benzene rings is 3. The van der Waals surface area contributed by atoms with Crippen LogP contribution in [0.15, 0.2) is 53.4 Å². The summed E-state index contributed by atoms with van der Waals surface area (Å²) < 4.78 is 42.1. The predicted molar refractivity (Wildman–Crippen MR) is 195 cm³/mol. The Balaban J connectivity index is 1.52. The number of nitrogens with zero attached hydrogens (tertiary/aromatic N) is 1. The molecule has 9 nitrogen and oxygen atoms in total. The molecule has 12 heteroatoms. The fraction of sp³-hybridized carbons (Fsp3) is 0.486. The molecule has 4 rings (SSSR count). The second-order valence-corrected chi connectivity index (χ2v) is 14.3. The molecule has 2 atom stereocenters. The van der Waals surface area contributed by atoms with Crippen molar-refractivity contribution in [2.24, 2.45) is 0 Å². The first-order chi connectivity index (χ1) is 23.8. The number of nitrogens with one attached hydrogen (secondary N) is 1. The molecule has 1 aliphatic rings. The molecule has 1 fully saturated rings. The number of amides is 2. The fourth-order valence-electron chi connectivity index (χ4n) is 5.77. The van der Waals surface area contributed by atoms with Crippen LogP contribution in [0, 0.1) is 5.82 Å². The van der Waals surface area contributed by atoms with Crippen molar-refractivity contribution >= 4 is 35.2 Å². The molecule has 1 aliphatic heterocycles. The minimum absolute atomic E-state index is 0.102. The molecule has 1 heterocycles. The van der Waals surface area contributed by atoms with Gasteiger partial charge >= 0.3 is 6.03 Å². The number of ether oxygens (including phenoxy) is 5. The molecular weight excluding hydrogens is 668 g/mol. The van der Waals surface area contributed by atoms with Crippen molar-refractivity contribution in [1.82, 2.24) is 5.06 Å². The number of hydroxylamine groups is 2. The van der Waals surface area contributed by atoms with Crippen LogP contribution in [-0.4, -0.2) is 63.6 Å². The lowest BCUT2D eigenvalue weighted by molar-refractivity contribution is -0.0382. The molecule has 2 unspecified atom stereocenters. The first-order valence-corrected chi connectivity index (χ1v) is 18.7. The van der Waals surface area contributed by atoms with Gasteiger partial charge in [-0.1, -0.05) is 39.0 Å². The van der Waals surface area contributed by atoms with E-state index in [2.05, 4.69) is 12.2 Å². The highest BCUT2D eigenvalue weighted by Gasteiger charge is 2.31. The SMILES string of the molecule is CCCCCCCCN(O)C(=O)Nc1cc(C2CCC(c3cc(OC)c(OC)c(OC)c3)S2)cc(OC)c1OCCSc1ccc(F)cc1. The standard InChI is InChI=1S/C37H49FN2O7S2/c1-6-7-8-9-10-11-18-40(42)37(41)39-29-21-25(22-30(43-2)35(29)47-19-20-48-28-14-12-27(38)13-15-28)33-16-17-34(49-33)26-23-31(44-3)36(46-5)32(24-26)45-4/h12-15,21-24,33-34,42H,6-11,16-20H2,1-5H3,(H,39,41). The van der Waals surface area contributed by atoms with Gasteiger partial charge < -0.3 is 29.0 Å². The Bertz CT molecular complexity index is 1470. The van der Waals surface area contributed by atoms with E-state index in [-0.39, 0.29) is 22.9 Å². The number of hydrogen-bond acceptors (Lipinski definition) is 9. The highest BCUT2D eigenvalue weighted by Crippen LogP contribution is 2.56. The zero-order valence-electron chi connectivity index (χ0n) is 29.1. The Morgan fingerprint density at radius 1 is 0.857 bits per heavy atom. The molecule has 3 aromatic carbocycles. The van der Waals surface area contributed by atoms with E-state index in [0.717, 1.165) is 59.6 Å². The summed E-state index contributed by atoms with van der Waals surface area (Å²) in [5.74, 6) is 2.95. The van der Waals surface area contributed by atoms with Crippen molar-refractivity contribution in [2.45, 2.75) is 73.7 Å². The van der Waals surface area contributed by atoms with Crippen molar-refractivity contribution in [3.63, 3.8) is 0 Å². The molecule has 2 N–H and O–H groups in total. The van der Waals surface area contributed by atoms with Gasteiger partial charge in [0.1, 0.15) is 5.82 Å². The molecule has 0 saturated carbocycles. The lowest BCUT2D eigenvalue weighted by atomic mass is 10.0. The molecule has 0 spiro atoms. The maximum Gasteiger partial charge on any atom is 0.345 e. The number of unbranched alkanes of at least 4 members (excludes halogenated alkanes) is 5. The quantitative estimate of drug-likeness (QED) is 0.0544. The maximum absolute atomic E-state index is 13.3. The number of rotatable bonds is 19. The van der Waals surface area contributed by atoms with Gasteiger partial charge in [-0.15, -0.1) is 23.5 Å². The molecule has 268 valence electrons. The third-order valence-corrected chi connectivity index (χ3v) is 11.0. The molecule has 0 bridgehead atoms. The Kier molecular flexibility index (Phi) is 15.4. The summed E-state index contributed by atoms with van der Waals surface area (Å²) in [6.07, 6.45) is 8.04. The fourth-order valence-corrected chi connectivity index (χ4v) is 8.03. The van der Waals surface area contributed by atoms with Crippen LogP contribution >= 0.6 is 23.5 Å². The van der Waals surface area contributed by atoms with Crippen LogP contribution in [0.5, 0.6) is 28.7 Å². The van der Waals surface area contributed by atoms with Crippen molar-refractivity contribution in [1.29, 1.82) is 0 Å². The van der Waals surface area contributed by atoms with Crippen LogP contribution in [0.4, 0.5) is 14.9 Å². The highest BCUT2D eigenvalue weighted by molar-refractivity contribution is 8.00. The maximum atomic E-state index is 13.3. The second-order valence-electron chi connectivity index (χ2n) is 11.7. The van der Waals surface area contributed by atoms with Crippen LogP contribution in [0.3, 0.4) is 0 Å². The van der Waals surface area contributed by atoms with Gasteiger partial charge in [0.05, 0.1) is 47.3 Å². The molecule has 3 aromatic rings. The summed E-state index contributed by atoms with van der Waals surface area (Å²) in [5.41, 5.74) is 2.47. The molecule has 0 aliphatic carbocycles. The zero-order chi connectivity index (χ0) is 35.2. The molecular formula is C37H49FN2O7S2. The second kappa shape index (κ2) is 19.6. The van der Waals surface area contributed by atoms with Crippen molar-refractivity contribution in [3.8, 4) is 28.7 Å². The van der Waals surface area contributed by atoms with Gasteiger partial charge in [0, 0.05) is 21.1 Å². The largest absolute Gasteiger partial charge is 0.493 e. The minimum Gasteiger partial charge on any atom is -0.493 e. The first kappa shape index (κ1) is 38.3. The number of methoxy groups -OCH3 is 4. The van der Waals surface area contributed by atoms with Crippen molar-refractivity contribution < 1.29 is 38.1 Å². The monoisotopic (exact) mass is 716 g/mol. The van der Waals surface area contributed by atoms with E-state index < -0.39 is 6.03 Å². The van der Waals surface area contributed by atoms with Crippen LogP contribution in [-0.2, 0) is 0 Å². The van der Waals surface area contributed by atoms with Gasteiger partial charge in [0.2, 0.25) is 5.75 Å². The van der Waals surface area contributed by atoms with E-state index in [9.17, 15) is 14.4 Å². The molecule has 0 radical (unpaired) electrons. The summed E-state index contributed by atoms with van der Waals surface area (Å²) in [6.45, 7) is 2.71. The Morgan fingerprint density at radius 2 is 1.43 bits per heavy atom. The average Bonchev–Trinajstić information content (AvgIpc) is 3.62. The van der Waals surface area contributed by atoms with E-state index in [4.69, 9.17) is 23.7 Å². The minimum atomic E-state index is -0.632. The van der Waals surface area contributed by atoms with Gasteiger partial charge in [0.15, 0.2) is 23.0 Å². The lowest BCUT2D eigenvalue weighted by Gasteiger charge is -2.22. The van der Waals surface area contributed by atoms with E-state index in [1.165, 1.54) is 30.3 Å². The Labute approximate surface area is 298 Å². The van der Waals surface area contributed by atoms with Crippen molar-refractivity contribution in [3.05, 3.63) is 65.5 Å². The van der Waals surface area contributed by atoms with Crippen LogP contribution < -0.4 is 29.0 Å². The number of hydrogen-bond donors (Lipinski definition) is 2. The average molecular weight is 717 g/mol. The number of thioether (sulfide) groups is 2. The van der Waals surface area contributed by atoms with Gasteiger partial charge in [0.25, 0.3) is 0 Å². The summed E-state index contributed by atoms with van der Waals surface area (Å²) in [7, 11) is 6.38. The lowest BCUT2D eigenvalue weighted by Crippen LogP contribution is -2.33. The number of urea groups is 1. The molecule has 0 aromatic heterocycles. The molecule has 1 saturated heterocycles. The number of carbonyl (C=O) groups is 1. The van der Waals surface area contributed by atoms with E-state index in [1.807, 2.05) is 36.0 Å². The van der Waals surface area contributed by atoms with Crippen LogP contribution in [0.2, 0.25) is 0 Å². The smallest absolute Gasteiger partial charge is 0.345 e. The van der Waals surface area contributed by atoms with Crippen molar-refractivity contribution in [2.75, 3.05) is 52.7 Å². The van der Waals surface area contributed by atoms with Gasteiger partial charge in [-0.05, 0) is 78.9 Å². The third kappa shape index (κ3) is 10.8.